The molecule has 2 aromatic heterocycles. The van der Waals surface area contributed by atoms with Gasteiger partial charge in [0.2, 0.25) is 5.91 Å². The number of methoxy groups -OCH3 is 2. The number of benzene rings is 3. The molecule has 36 heavy (non-hydrogen) atoms. The number of halogens is 1. The first kappa shape index (κ1) is 24.0. The van der Waals surface area contributed by atoms with Gasteiger partial charge in [0.15, 0.2) is 11.0 Å². The predicted octanol–water partition coefficient (Wildman–Crippen LogP) is 5.93. The van der Waals surface area contributed by atoms with Crippen LogP contribution in [-0.4, -0.2) is 45.6 Å². The third-order valence-corrected chi connectivity index (χ3v) is 7.01. The minimum absolute atomic E-state index is 0.147. The number of nitrogens with zero attached hydrogens (tertiary/aromatic N) is 3. The summed E-state index contributed by atoms with van der Waals surface area (Å²) < 4.78 is 14.0. The Morgan fingerprint density at radius 2 is 1.86 bits per heavy atom. The van der Waals surface area contributed by atoms with Crippen LogP contribution in [0.4, 0.5) is 5.69 Å². The fourth-order valence-electron chi connectivity index (χ4n) is 3.84. The smallest absolute Gasteiger partial charge is 0.234 e. The van der Waals surface area contributed by atoms with Crippen LogP contribution >= 0.6 is 27.7 Å². The second kappa shape index (κ2) is 10.5. The molecule has 3 aromatic carbocycles. The fraction of sp³-hybridized carbons (Fsp3) is 0.115. The predicted molar refractivity (Wildman–Crippen MR) is 145 cm³/mol. The lowest BCUT2D eigenvalue weighted by Gasteiger charge is -2.15. The zero-order valence-corrected chi connectivity index (χ0v) is 21.9. The number of nitrogens with one attached hydrogen (secondary N) is 2. The van der Waals surface area contributed by atoms with E-state index in [0.717, 1.165) is 26.6 Å². The van der Waals surface area contributed by atoms with Gasteiger partial charge < -0.3 is 19.8 Å². The number of ether oxygens (including phenoxy) is 2. The van der Waals surface area contributed by atoms with Crippen molar-refractivity contribution in [3.63, 3.8) is 0 Å². The van der Waals surface area contributed by atoms with Crippen LogP contribution in [0, 0.1) is 0 Å². The molecule has 182 valence electrons. The number of thioether (sulfide) groups is 1. The summed E-state index contributed by atoms with van der Waals surface area (Å²) in [6.45, 7) is 0. The molecule has 0 unspecified atom stereocenters. The summed E-state index contributed by atoms with van der Waals surface area (Å²) in [5.74, 6) is 1.90. The van der Waals surface area contributed by atoms with E-state index >= 15 is 0 Å². The highest BCUT2D eigenvalue weighted by Gasteiger charge is 2.22. The first-order chi connectivity index (χ1) is 17.6. The molecule has 0 fully saturated rings. The molecule has 10 heteroatoms. The van der Waals surface area contributed by atoms with Crippen molar-refractivity contribution < 1.29 is 14.3 Å². The Hall–Kier alpha value is -3.76. The number of para-hydroxylation sites is 1. The average Bonchev–Trinajstić information content (AvgIpc) is 3.52. The van der Waals surface area contributed by atoms with E-state index < -0.39 is 0 Å². The minimum atomic E-state index is -0.150. The third-order valence-electron chi connectivity index (χ3n) is 5.55. The molecule has 8 nitrogen and oxygen atoms in total. The quantitative estimate of drug-likeness (QED) is 0.227. The molecule has 0 aliphatic carbocycles. The number of fused-ring (bicyclic) bond motifs is 1. The Kier molecular flexibility index (Phi) is 6.97. The lowest BCUT2D eigenvalue weighted by Crippen LogP contribution is -2.14. The van der Waals surface area contributed by atoms with Gasteiger partial charge in [0.25, 0.3) is 0 Å². The molecule has 0 aliphatic heterocycles. The van der Waals surface area contributed by atoms with Gasteiger partial charge in [-0.15, -0.1) is 10.2 Å². The normalized spacial score (nSPS) is 11.0. The van der Waals surface area contributed by atoms with Crippen LogP contribution in [0.2, 0.25) is 0 Å². The van der Waals surface area contributed by atoms with E-state index in [1.54, 1.807) is 14.2 Å². The summed E-state index contributed by atoms with van der Waals surface area (Å²) in [6, 6.07) is 21.0. The Bertz CT molecular complexity index is 1530. The van der Waals surface area contributed by atoms with Gasteiger partial charge in [-0.05, 0) is 42.5 Å². The molecule has 2 heterocycles. The Balaban J connectivity index is 1.54. The van der Waals surface area contributed by atoms with Crippen LogP contribution < -0.4 is 14.8 Å². The van der Waals surface area contributed by atoms with E-state index in [2.05, 4.69) is 36.4 Å². The topological polar surface area (TPSA) is 94.1 Å². The zero-order chi connectivity index (χ0) is 25.1. The number of hydrogen-bond acceptors (Lipinski definition) is 6. The maximum Gasteiger partial charge on any atom is 0.234 e. The second-order valence-corrected chi connectivity index (χ2v) is 9.63. The molecule has 2 N–H and O–H groups in total. The number of aromatic nitrogens is 4. The van der Waals surface area contributed by atoms with E-state index in [1.807, 2.05) is 77.5 Å². The van der Waals surface area contributed by atoms with Gasteiger partial charge in [0, 0.05) is 38.9 Å². The fourth-order valence-corrected chi connectivity index (χ4v) is 4.85. The van der Waals surface area contributed by atoms with Gasteiger partial charge in [-0.25, -0.2) is 0 Å². The summed E-state index contributed by atoms with van der Waals surface area (Å²) in [7, 11) is 3.22. The largest absolute Gasteiger partial charge is 0.497 e. The third kappa shape index (κ3) is 4.82. The number of amides is 1. The molecular formula is C26H22BrN5O3S. The van der Waals surface area contributed by atoms with E-state index in [0.29, 0.717) is 28.2 Å². The molecule has 5 rings (SSSR count). The average molecular weight is 564 g/mol. The lowest BCUT2D eigenvalue weighted by molar-refractivity contribution is -0.113. The highest BCUT2D eigenvalue weighted by molar-refractivity contribution is 9.10. The first-order valence-electron chi connectivity index (χ1n) is 11.0. The van der Waals surface area contributed by atoms with Crippen LogP contribution in [0.25, 0.3) is 28.0 Å². The highest BCUT2D eigenvalue weighted by atomic mass is 79.9. The molecular weight excluding hydrogens is 542 g/mol. The summed E-state index contributed by atoms with van der Waals surface area (Å²) in [4.78, 5) is 16.0. The Morgan fingerprint density at radius 3 is 2.64 bits per heavy atom. The van der Waals surface area contributed by atoms with E-state index in [1.165, 1.54) is 11.8 Å². The van der Waals surface area contributed by atoms with Crippen LogP contribution in [0.1, 0.15) is 0 Å². The molecule has 0 bridgehead atoms. The SMILES string of the molecule is COc1ccc(OC)c(-n2c(SCC(=O)Nc3ccc(Br)cc3)nnc2-c2c[nH]c3ccccc23)c1. The van der Waals surface area contributed by atoms with Gasteiger partial charge in [0.1, 0.15) is 11.5 Å². The Morgan fingerprint density at radius 1 is 1.06 bits per heavy atom. The highest BCUT2D eigenvalue weighted by Crippen LogP contribution is 2.37. The number of carbonyl (C=O) groups is 1. The van der Waals surface area contributed by atoms with Crippen LogP contribution in [0.3, 0.4) is 0 Å². The second-order valence-electron chi connectivity index (χ2n) is 7.77. The Labute approximate surface area is 220 Å². The molecule has 0 spiro atoms. The van der Waals surface area contributed by atoms with Crippen molar-refractivity contribution in [2.24, 2.45) is 0 Å². The van der Waals surface area contributed by atoms with E-state index in [4.69, 9.17) is 9.47 Å². The van der Waals surface area contributed by atoms with Gasteiger partial charge in [-0.3, -0.25) is 9.36 Å². The minimum Gasteiger partial charge on any atom is -0.497 e. The molecule has 0 aliphatic rings. The number of carbonyl (C=O) groups excluding carboxylic acids is 1. The van der Waals surface area contributed by atoms with Crippen molar-refractivity contribution >= 4 is 50.2 Å². The number of hydrogen-bond donors (Lipinski definition) is 2. The van der Waals surface area contributed by atoms with Gasteiger partial charge in [0.05, 0.1) is 25.7 Å². The summed E-state index contributed by atoms with van der Waals surface area (Å²) >= 11 is 4.69. The summed E-state index contributed by atoms with van der Waals surface area (Å²) in [5.41, 5.74) is 3.30. The van der Waals surface area contributed by atoms with Crippen molar-refractivity contribution in [1.82, 2.24) is 19.7 Å². The maximum atomic E-state index is 12.7. The number of aromatic amines is 1. The summed E-state index contributed by atoms with van der Waals surface area (Å²) in [6.07, 6.45) is 1.91. The van der Waals surface area contributed by atoms with Crippen LogP contribution in [0.5, 0.6) is 11.5 Å². The van der Waals surface area contributed by atoms with E-state index in [9.17, 15) is 4.79 Å². The van der Waals surface area contributed by atoms with Crippen LogP contribution in [0.15, 0.2) is 82.6 Å². The van der Waals surface area contributed by atoms with Gasteiger partial charge >= 0.3 is 0 Å². The number of H-pyrrole nitrogens is 1. The first-order valence-corrected chi connectivity index (χ1v) is 12.8. The number of rotatable bonds is 8. The molecule has 5 aromatic rings. The zero-order valence-electron chi connectivity index (χ0n) is 19.5. The molecule has 0 saturated carbocycles. The van der Waals surface area contributed by atoms with Gasteiger partial charge in [-0.2, -0.15) is 0 Å². The molecule has 0 radical (unpaired) electrons. The standard InChI is InChI=1S/C26H22BrN5O3S/c1-34-18-11-12-23(35-2)22(13-18)32-25(20-14-28-21-6-4-3-5-19(20)21)30-31-26(32)36-15-24(33)29-17-9-7-16(27)8-10-17/h3-14,28H,15H2,1-2H3,(H,29,33). The lowest BCUT2D eigenvalue weighted by atomic mass is 10.1. The molecule has 0 saturated heterocycles. The number of anilines is 1. The van der Waals surface area contributed by atoms with Crippen molar-refractivity contribution in [3.05, 3.63) is 77.4 Å². The molecule has 0 atom stereocenters. The monoisotopic (exact) mass is 563 g/mol. The van der Waals surface area contributed by atoms with Crippen LogP contribution in [-0.2, 0) is 4.79 Å². The van der Waals surface area contributed by atoms with Crippen molar-refractivity contribution in [2.45, 2.75) is 5.16 Å². The molecule has 1 amide bonds. The summed E-state index contributed by atoms with van der Waals surface area (Å²) in [5, 5.41) is 13.5. The van der Waals surface area contributed by atoms with Crippen molar-refractivity contribution in [3.8, 4) is 28.6 Å². The van der Waals surface area contributed by atoms with Crippen molar-refractivity contribution in [1.29, 1.82) is 0 Å². The van der Waals surface area contributed by atoms with E-state index in [-0.39, 0.29) is 11.7 Å². The van der Waals surface area contributed by atoms with Gasteiger partial charge in [-0.1, -0.05) is 45.9 Å². The maximum absolute atomic E-state index is 12.7. The van der Waals surface area contributed by atoms with Crippen molar-refractivity contribution in [2.75, 3.05) is 25.3 Å².